The molecule has 1 heterocycles. The molecule has 1 aromatic heterocycles. The van der Waals surface area contributed by atoms with Crippen LogP contribution in [0.4, 0.5) is 10.6 Å². The third-order valence-corrected chi connectivity index (χ3v) is 3.83. The van der Waals surface area contributed by atoms with Crippen LogP contribution in [0, 0.1) is 12.8 Å². The standard InChI is InChI=1S/C20H31N3O5/c1-13(2)17(18(25)26)22-16(24)8-7-11-23(19(27)28-20(4,5)6)15-12-14(3)9-10-21-15/h9-10,12-13,17H,7-8,11H2,1-6H3,(H,22,24)(H,25,26)/t17-/m0/s1. The van der Waals surface area contributed by atoms with Gasteiger partial charge >= 0.3 is 12.1 Å². The van der Waals surface area contributed by atoms with Crippen LogP contribution in [0.15, 0.2) is 18.3 Å². The Labute approximate surface area is 166 Å². The van der Waals surface area contributed by atoms with Crippen molar-refractivity contribution < 1.29 is 24.2 Å². The number of aryl methyl sites for hydroxylation is 1. The van der Waals surface area contributed by atoms with Gasteiger partial charge in [0, 0.05) is 19.2 Å². The van der Waals surface area contributed by atoms with Gasteiger partial charge in [-0.05, 0) is 57.7 Å². The molecule has 0 bridgehead atoms. The number of carboxylic acid groups (broad SMARTS) is 1. The number of aliphatic carboxylic acids is 1. The lowest BCUT2D eigenvalue weighted by atomic mass is 10.0. The van der Waals surface area contributed by atoms with Gasteiger partial charge in [-0.2, -0.15) is 0 Å². The highest BCUT2D eigenvalue weighted by atomic mass is 16.6. The molecule has 0 aliphatic rings. The fourth-order valence-corrected chi connectivity index (χ4v) is 2.44. The van der Waals surface area contributed by atoms with Crippen LogP contribution in [0.1, 0.15) is 53.0 Å². The number of anilines is 1. The van der Waals surface area contributed by atoms with E-state index in [2.05, 4.69) is 10.3 Å². The van der Waals surface area contributed by atoms with Crippen LogP contribution < -0.4 is 10.2 Å². The fourth-order valence-electron chi connectivity index (χ4n) is 2.44. The molecule has 0 saturated carbocycles. The molecule has 0 aromatic carbocycles. The average Bonchev–Trinajstić information content (AvgIpc) is 2.54. The van der Waals surface area contributed by atoms with Gasteiger partial charge in [0.05, 0.1) is 0 Å². The topological polar surface area (TPSA) is 109 Å². The zero-order valence-corrected chi connectivity index (χ0v) is 17.5. The number of carbonyl (C=O) groups is 3. The number of pyridine rings is 1. The minimum absolute atomic E-state index is 0.0849. The SMILES string of the molecule is Cc1ccnc(N(CCCC(=O)N[C@H](C(=O)O)C(C)C)C(=O)OC(C)(C)C)c1. The average molecular weight is 393 g/mol. The van der Waals surface area contributed by atoms with Crippen molar-refractivity contribution >= 4 is 23.8 Å². The van der Waals surface area contributed by atoms with E-state index in [1.54, 1.807) is 46.9 Å². The number of amides is 2. The molecule has 0 fully saturated rings. The highest BCUT2D eigenvalue weighted by Gasteiger charge is 2.26. The van der Waals surface area contributed by atoms with E-state index in [1.807, 2.05) is 13.0 Å². The summed E-state index contributed by atoms with van der Waals surface area (Å²) in [6.07, 6.45) is 1.48. The minimum atomic E-state index is -1.07. The fraction of sp³-hybridized carbons (Fsp3) is 0.600. The lowest BCUT2D eigenvalue weighted by Gasteiger charge is -2.27. The molecular weight excluding hydrogens is 362 g/mol. The van der Waals surface area contributed by atoms with Gasteiger partial charge in [-0.15, -0.1) is 0 Å². The molecule has 2 amide bonds. The van der Waals surface area contributed by atoms with Crippen LogP contribution in [0.5, 0.6) is 0 Å². The lowest BCUT2D eigenvalue weighted by molar-refractivity contribution is -0.143. The Morgan fingerprint density at radius 1 is 1.29 bits per heavy atom. The molecule has 0 aliphatic carbocycles. The van der Waals surface area contributed by atoms with E-state index in [1.165, 1.54) is 4.90 Å². The Morgan fingerprint density at radius 3 is 2.43 bits per heavy atom. The van der Waals surface area contributed by atoms with E-state index < -0.39 is 23.7 Å². The van der Waals surface area contributed by atoms with Crippen LogP contribution in [0.25, 0.3) is 0 Å². The molecule has 0 aliphatic heterocycles. The molecule has 1 atom stereocenters. The summed E-state index contributed by atoms with van der Waals surface area (Å²) in [5.41, 5.74) is 0.278. The molecule has 156 valence electrons. The summed E-state index contributed by atoms with van der Waals surface area (Å²) in [5.74, 6) is -1.22. The second-order valence-corrected chi connectivity index (χ2v) is 8.05. The number of carbonyl (C=O) groups excluding carboxylic acids is 2. The Bertz CT molecular complexity index is 697. The van der Waals surface area contributed by atoms with Crippen LogP contribution in [0.2, 0.25) is 0 Å². The predicted octanol–water partition coefficient (Wildman–Crippen LogP) is 3.14. The molecule has 28 heavy (non-hydrogen) atoms. The summed E-state index contributed by atoms with van der Waals surface area (Å²) in [4.78, 5) is 41.5. The first-order valence-corrected chi connectivity index (χ1v) is 9.36. The Balaban J connectivity index is 2.78. The van der Waals surface area contributed by atoms with E-state index in [0.717, 1.165) is 5.56 Å². The molecule has 8 heteroatoms. The second-order valence-electron chi connectivity index (χ2n) is 8.05. The van der Waals surface area contributed by atoms with Crippen LogP contribution >= 0.6 is 0 Å². The number of rotatable bonds is 8. The van der Waals surface area contributed by atoms with Crippen molar-refractivity contribution in [1.29, 1.82) is 0 Å². The summed E-state index contributed by atoms with van der Waals surface area (Å²) in [5, 5.41) is 11.7. The monoisotopic (exact) mass is 393 g/mol. The van der Waals surface area contributed by atoms with Gasteiger partial charge in [-0.25, -0.2) is 14.6 Å². The number of aromatic nitrogens is 1. The largest absolute Gasteiger partial charge is 0.480 e. The molecule has 1 aromatic rings. The smallest absolute Gasteiger partial charge is 0.416 e. The van der Waals surface area contributed by atoms with E-state index in [0.29, 0.717) is 12.2 Å². The number of nitrogens with zero attached hydrogens (tertiary/aromatic N) is 2. The Hall–Kier alpha value is -2.64. The summed E-state index contributed by atoms with van der Waals surface area (Å²) in [7, 11) is 0. The molecule has 0 radical (unpaired) electrons. The predicted molar refractivity (Wildman–Crippen MR) is 106 cm³/mol. The number of nitrogens with one attached hydrogen (secondary N) is 1. The lowest BCUT2D eigenvalue weighted by Crippen LogP contribution is -2.44. The number of ether oxygens (including phenoxy) is 1. The summed E-state index contributed by atoms with van der Waals surface area (Å²) in [6, 6.07) is 2.65. The molecule has 2 N–H and O–H groups in total. The quantitative estimate of drug-likeness (QED) is 0.702. The van der Waals surface area contributed by atoms with Crippen molar-refractivity contribution in [1.82, 2.24) is 10.3 Å². The zero-order chi connectivity index (χ0) is 21.5. The maximum atomic E-state index is 12.6. The summed E-state index contributed by atoms with van der Waals surface area (Å²) in [6.45, 7) is 10.9. The molecule has 0 spiro atoms. The first kappa shape index (κ1) is 23.4. The highest BCUT2D eigenvalue weighted by molar-refractivity contribution is 5.87. The van der Waals surface area contributed by atoms with Gasteiger partial charge in [0.15, 0.2) is 0 Å². The summed E-state index contributed by atoms with van der Waals surface area (Å²) >= 11 is 0. The minimum Gasteiger partial charge on any atom is -0.480 e. The van der Waals surface area contributed by atoms with Gasteiger partial charge in [0.1, 0.15) is 17.5 Å². The molecular formula is C20H31N3O5. The highest BCUT2D eigenvalue weighted by Crippen LogP contribution is 2.18. The number of hydrogen-bond donors (Lipinski definition) is 2. The van der Waals surface area contributed by atoms with Crippen LogP contribution in [-0.4, -0.2) is 46.2 Å². The van der Waals surface area contributed by atoms with E-state index >= 15 is 0 Å². The maximum Gasteiger partial charge on any atom is 0.416 e. The first-order valence-electron chi connectivity index (χ1n) is 9.36. The van der Waals surface area contributed by atoms with Crippen molar-refractivity contribution in [3.63, 3.8) is 0 Å². The van der Waals surface area contributed by atoms with E-state index in [-0.39, 0.29) is 24.8 Å². The normalized spacial score (nSPS) is 12.4. The van der Waals surface area contributed by atoms with Crippen LogP contribution in [0.3, 0.4) is 0 Å². The molecule has 8 nitrogen and oxygen atoms in total. The van der Waals surface area contributed by atoms with Crippen molar-refractivity contribution in [2.24, 2.45) is 5.92 Å². The summed E-state index contributed by atoms with van der Waals surface area (Å²) < 4.78 is 5.45. The van der Waals surface area contributed by atoms with E-state index in [9.17, 15) is 14.4 Å². The Kier molecular flexibility index (Phi) is 8.40. The molecule has 0 unspecified atom stereocenters. The third-order valence-electron chi connectivity index (χ3n) is 3.83. The molecule has 0 saturated heterocycles. The van der Waals surface area contributed by atoms with Crippen molar-refractivity contribution in [2.75, 3.05) is 11.4 Å². The van der Waals surface area contributed by atoms with Crippen molar-refractivity contribution in [3.8, 4) is 0 Å². The van der Waals surface area contributed by atoms with E-state index in [4.69, 9.17) is 9.84 Å². The van der Waals surface area contributed by atoms with Crippen molar-refractivity contribution in [2.45, 2.75) is 66.0 Å². The van der Waals surface area contributed by atoms with Crippen LogP contribution in [-0.2, 0) is 14.3 Å². The maximum absolute atomic E-state index is 12.6. The van der Waals surface area contributed by atoms with Gasteiger partial charge < -0.3 is 15.2 Å². The second kappa shape index (κ2) is 10.1. The third kappa shape index (κ3) is 7.94. The Morgan fingerprint density at radius 2 is 1.93 bits per heavy atom. The van der Waals surface area contributed by atoms with Gasteiger partial charge in [-0.3, -0.25) is 9.69 Å². The van der Waals surface area contributed by atoms with Gasteiger partial charge in [0.2, 0.25) is 5.91 Å². The molecule has 1 rings (SSSR count). The van der Waals surface area contributed by atoms with Gasteiger partial charge in [0.25, 0.3) is 0 Å². The number of carboxylic acids is 1. The zero-order valence-electron chi connectivity index (χ0n) is 17.5. The first-order chi connectivity index (χ1) is 12.9. The number of hydrogen-bond acceptors (Lipinski definition) is 5. The van der Waals surface area contributed by atoms with Gasteiger partial charge in [-0.1, -0.05) is 13.8 Å². The van der Waals surface area contributed by atoms with Crippen molar-refractivity contribution in [3.05, 3.63) is 23.9 Å².